The van der Waals surface area contributed by atoms with Crippen LogP contribution in [0.4, 0.5) is 10.1 Å². The molecular weight excluding hydrogens is 365 g/mol. The predicted molar refractivity (Wildman–Crippen MR) is 111 cm³/mol. The van der Waals surface area contributed by atoms with Gasteiger partial charge in [-0.3, -0.25) is 4.98 Å². The van der Waals surface area contributed by atoms with Crippen molar-refractivity contribution in [2.45, 2.75) is 38.8 Å². The number of hydrogen-bond acceptors (Lipinski definition) is 4. The Kier molecular flexibility index (Phi) is 4.68. The van der Waals surface area contributed by atoms with E-state index < -0.39 is 0 Å². The molecule has 146 valence electrons. The second-order valence-corrected chi connectivity index (χ2v) is 7.52. The van der Waals surface area contributed by atoms with Crippen LogP contribution in [0.3, 0.4) is 0 Å². The molecule has 2 aromatic carbocycles. The molecule has 0 amide bonds. The third-order valence-electron chi connectivity index (χ3n) is 5.46. The molecule has 0 fully saturated rings. The molecule has 0 spiro atoms. The lowest BCUT2D eigenvalue weighted by molar-refractivity contribution is 0.621. The van der Waals surface area contributed by atoms with Gasteiger partial charge in [-0.25, -0.2) is 9.07 Å². The summed E-state index contributed by atoms with van der Waals surface area (Å²) >= 11 is 0. The van der Waals surface area contributed by atoms with Gasteiger partial charge in [0.25, 0.3) is 0 Å². The van der Waals surface area contributed by atoms with Crippen molar-refractivity contribution in [1.29, 1.82) is 0 Å². The van der Waals surface area contributed by atoms with Gasteiger partial charge in [0.2, 0.25) is 0 Å². The van der Waals surface area contributed by atoms with Crippen molar-refractivity contribution in [3.8, 4) is 0 Å². The number of nitrogens with zero attached hydrogens (tertiary/aromatic N) is 4. The molecule has 5 nitrogen and oxygen atoms in total. The Hall–Kier alpha value is -3.28. The van der Waals surface area contributed by atoms with Crippen molar-refractivity contribution in [2.24, 2.45) is 0 Å². The van der Waals surface area contributed by atoms with E-state index in [2.05, 4.69) is 33.8 Å². The minimum atomic E-state index is -0.231. The number of aryl methyl sites for hydroxylation is 1. The van der Waals surface area contributed by atoms with Gasteiger partial charge in [-0.05, 0) is 55.0 Å². The Labute approximate surface area is 168 Å². The Morgan fingerprint density at radius 1 is 1.00 bits per heavy atom. The first-order chi connectivity index (χ1) is 14.3. The third kappa shape index (κ3) is 3.70. The number of fused-ring (bicyclic) bond motifs is 2. The van der Waals surface area contributed by atoms with Crippen LogP contribution in [0.15, 0.2) is 54.7 Å². The highest BCUT2D eigenvalue weighted by Gasteiger charge is 2.18. The largest absolute Gasteiger partial charge is 0.378 e. The zero-order valence-electron chi connectivity index (χ0n) is 16.1. The molecule has 0 saturated heterocycles. The molecule has 0 bridgehead atoms. The standard InChI is InChI=1S/C23H22FN5/c24-17-11-9-16(10-12-17)14-29-15-18(27-28-29)13-25-23-19-5-1-3-7-21(19)26-22-8-4-2-6-20(22)23/h1,3,5,7,9-12,15H,2,4,6,8,13-14H2,(H,25,26). The van der Waals surface area contributed by atoms with Gasteiger partial charge in [0.05, 0.1) is 24.8 Å². The molecule has 5 rings (SSSR count). The summed E-state index contributed by atoms with van der Waals surface area (Å²) in [6.07, 6.45) is 6.45. The number of benzene rings is 2. The second kappa shape index (κ2) is 7.62. The number of anilines is 1. The summed E-state index contributed by atoms with van der Waals surface area (Å²) in [6, 6.07) is 14.8. The van der Waals surface area contributed by atoms with Gasteiger partial charge in [-0.1, -0.05) is 35.5 Å². The number of aromatic nitrogens is 4. The van der Waals surface area contributed by atoms with Gasteiger partial charge >= 0.3 is 0 Å². The molecule has 0 unspecified atom stereocenters. The fourth-order valence-corrected chi connectivity index (χ4v) is 4.03. The van der Waals surface area contributed by atoms with E-state index >= 15 is 0 Å². The first-order valence-electron chi connectivity index (χ1n) is 10.0. The van der Waals surface area contributed by atoms with E-state index in [9.17, 15) is 4.39 Å². The number of pyridine rings is 1. The molecule has 0 saturated carbocycles. The lowest BCUT2D eigenvalue weighted by Crippen LogP contribution is -2.11. The highest BCUT2D eigenvalue weighted by Crippen LogP contribution is 2.33. The van der Waals surface area contributed by atoms with Crippen molar-refractivity contribution in [1.82, 2.24) is 20.0 Å². The molecule has 1 aliphatic carbocycles. The van der Waals surface area contributed by atoms with Gasteiger partial charge in [-0.15, -0.1) is 5.10 Å². The zero-order valence-corrected chi connectivity index (χ0v) is 16.1. The van der Waals surface area contributed by atoms with Crippen LogP contribution in [0, 0.1) is 5.82 Å². The molecule has 0 atom stereocenters. The lowest BCUT2D eigenvalue weighted by atomic mass is 9.92. The summed E-state index contributed by atoms with van der Waals surface area (Å²) in [5.74, 6) is -0.231. The molecule has 2 heterocycles. The lowest BCUT2D eigenvalue weighted by Gasteiger charge is -2.21. The molecule has 1 N–H and O–H groups in total. The Morgan fingerprint density at radius 2 is 1.83 bits per heavy atom. The maximum atomic E-state index is 13.1. The van der Waals surface area contributed by atoms with Gasteiger partial charge in [0.1, 0.15) is 11.5 Å². The number of nitrogens with one attached hydrogen (secondary N) is 1. The molecule has 2 aromatic heterocycles. The van der Waals surface area contributed by atoms with Crippen LogP contribution in [-0.2, 0) is 25.9 Å². The van der Waals surface area contributed by atoms with Crippen molar-refractivity contribution in [3.63, 3.8) is 0 Å². The number of hydrogen-bond donors (Lipinski definition) is 1. The smallest absolute Gasteiger partial charge is 0.123 e. The Morgan fingerprint density at radius 3 is 2.72 bits per heavy atom. The van der Waals surface area contributed by atoms with Crippen LogP contribution in [0.25, 0.3) is 10.9 Å². The highest BCUT2D eigenvalue weighted by atomic mass is 19.1. The summed E-state index contributed by atoms with van der Waals surface area (Å²) in [4.78, 5) is 4.89. The van der Waals surface area contributed by atoms with E-state index in [1.807, 2.05) is 12.3 Å². The van der Waals surface area contributed by atoms with Crippen LogP contribution in [0.1, 0.15) is 35.4 Å². The number of para-hydroxylation sites is 1. The molecule has 29 heavy (non-hydrogen) atoms. The first kappa shape index (κ1) is 17.8. The molecule has 0 aliphatic heterocycles. The maximum absolute atomic E-state index is 13.1. The minimum Gasteiger partial charge on any atom is -0.378 e. The monoisotopic (exact) mass is 387 g/mol. The Balaban J connectivity index is 1.37. The summed E-state index contributed by atoms with van der Waals surface area (Å²) in [6.45, 7) is 1.17. The molecule has 1 aliphatic rings. The summed E-state index contributed by atoms with van der Waals surface area (Å²) in [5.41, 5.74) is 6.64. The fourth-order valence-electron chi connectivity index (χ4n) is 4.03. The fraction of sp³-hybridized carbons (Fsp3) is 0.261. The summed E-state index contributed by atoms with van der Waals surface area (Å²) in [7, 11) is 0. The van der Waals surface area contributed by atoms with E-state index in [-0.39, 0.29) is 5.82 Å². The number of rotatable bonds is 5. The van der Waals surface area contributed by atoms with E-state index in [1.165, 1.54) is 41.9 Å². The Bertz CT molecular complexity index is 1150. The zero-order chi connectivity index (χ0) is 19.6. The molecule has 6 heteroatoms. The first-order valence-corrected chi connectivity index (χ1v) is 10.0. The van der Waals surface area contributed by atoms with Gasteiger partial charge < -0.3 is 5.32 Å². The SMILES string of the molecule is Fc1ccc(Cn2cc(CNc3c4c(nc5ccccc35)CCCC4)nn2)cc1. The molecule has 4 aromatic rings. The highest BCUT2D eigenvalue weighted by molar-refractivity contribution is 5.93. The topological polar surface area (TPSA) is 55.6 Å². The van der Waals surface area contributed by atoms with E-state index in [0.717, 1.165) is 35.0 Å². The summed E-state index contributed by atoms with van der Waals surface area (Å²) < 4.78 is 14.9. The average Bonchev–Trinajstić information content (AvgIpc) is 3.20. The maximum Gasteiger partial charge on any atom is 0.123 e. The molecule has 0 radical (unpaired) electrons. The van der Waals surface area contributed by atoms with Crippen LogP contribution in [-0.4, -0.2) is 20.0 Å². The van der Waals surface area contributed by atoms with Crippen molar-refractivity contribution >= 4 is 16.6 Å². The van der Waals surface area contributed by atoms with E-state index in [0.29, 0.717) is 13.1 Å². The third-order valence-corrected chi connectivity index (χ3v) is 5.46. The van der Waals surface area contributed by atoms with E-state index in [1.54, 1.807) is 16.8 Å². The normalized spacial score (nSPS) is 13.4. The average molecular weight is 387 g/mol. The van der Waals surface area contributed by atoms with Gasteiger partial charge in [0.15, 0.2) is 0 Å². The second-order valence-electron chi connectivity index (χ2n) is 7.52. The quantitative estimate of drug-likeness (QED) is 0.548. The van der Waals surface area contributed by atoms with Crippen molar-refractivity contribution in [3.05, 3.63) is 83.1 Å². The summed E-state index contributed by atoms with van der Waals surface area (Å²) in [5, 5.41) is 13.3. The molecular formula is C23H22FN5. The van der Waals surface area contributed by atoms with Crippen LogP contribution in [0.5, 0.6) is 0 Å². The van der Waals surface area contributed by atoms with Gasteiger partial charge in [-0.2, -0.15) is 0 Å². The van der Waals surface area contributed by atoms with Crippen LogP contribution >= 0.6 is 0 Å². The van der Waals surface area contributed by atoms with Crippen LogP contribution < -0.4 is 5.32 Å². The van der Waals surface area contributed by atoms with E-state index in [4.69, 9.17) is 4.98 Å². The number of halogens is 1. The minimum absolute atomic E-state index is 0.231. The van der Waals surface area contributed by atoms with Crippen molar-refractivity contribution < 1.29 is 4.39 Å². The predicted octanol–water partition coefficient (Wildman–Crippen LogP) is 4.50. The van der Waals surface area contributed by atoms with Crippen molar-refractivity contribution in [2.75, 3.05) is 5.32 Å². The van der Waals surface area contributed by atoms with Gasteiger partial charge in [0, 0.05) is 16.8 Å². The van der Waals surface area contributed by atoms with Crippen LogP contribution in [0.2, 0.25) is 0 Å².